The summed E-state index contributed by atoms with van der Waals surface area (Å²) in [5.41, 5.74) is 0. The van der Waals surface area contributed by atoms with Crippen molar-refractivity contribution in [1.82, 2.24) is 5.32 Å². The molecule has 4 heteroatoms. The fraction of sp³-hybridized carbons (Fsp3) is 1.00. The summed E-state index contributed by atoms with van der Waals surface area (Å²) >= 11 is 0. The molecule has 0 aromatic carbocycles. The summed E-state index contributed by atoms with van der Waals surface area (Å²) in [5, 5.41) is 3.14. The highest BCUT2D eigenvalue weighted by molar-refractivity contribution is 4.85. The molecule has 0 bridgehead atoms. The molecule has 0 aromatic rings. The van der Waals surface area contributed by atoms with Gasteiger partial charge in [0.15, 0.2) is 0 Å². The van der Waals surface area contributed by atoms with Crippen LogP contribution < -0.4 is 5.32 Å². The van der Waals surface area contributed by atoms with E-state index in [4.69, 9.17) is 0 Å². The second-order valence-corrected chi connectivity index (χ2v) is 5.34. The highest BCUT2D eigenvalue weighted by atomic mass is 19.4. The first-order valence-electron chi connectivity index (χ1n) is 6.75. The molecule has 0 saturated heterocycles. The number of halogens is 3. The van der Waals surface area contributed by atoms with E-state index in [0.29, 0.717) is 31.7 Å². The van der Waals surface area contributed by atoms with E-state index < -0.39 is 12.1 Å². The van der Waals surface area contributed by atoms with Crippen LogP contribution in [0.1, 0.15) is 52.4 Å². The first-order valence-corrected chi connectivity index (χ1v) is 6.75. The lowest BCUT2D eigenvalue weighted by Crippen LogP contribution is -2.46. The molecule has 1 rings (SSSR count). The number of alkyl halides is 3. The summed E-state index contributed by atoms with van der Waals surface area (Å²) in [6, 6.07) is -0.358. The molecule has 0 heterocycles. The van der Waals surface area contributed by atoms with Crippen LogP contribution >= 0.6 is 0 Å². The van der Waals surface area contributed by atoms with Gasteiger partial charge in [-0.3, -0.25) is 0 Å². The van der Waals surface area contributed by atoms with Gasteiger partial charge >= 0.3 is 6.18 Å². The molecule has 1 fully saturated rings. The maximum absolute atomic E-state index is 12.8. The van der Waals surface area contributed by atoms with Crippen LogP contribution in [0.15, 0.2) is 0 Å². The Balaban J connectivity index is 2.43. The fourth-order valence-corrected chi connectivity index (χ4v) is 2.71. The van der Waals surface area contributed by atoms with Gasteiger partial charge < -0.3 is 5.32 Å². The average Bonchev–Trinajstić information content (AvgIpc) is 2.26. The van der Waals surface area contributed by atoms with E-state index in [0.717, 1.165) is 19.3 Å². The summed E-state index contributed by atoms with van der Waals surface area (Å²) in [6.45, 7) is 4.92. The quantitative estimate of drug-likeness (QED) is 0.774. The lowest BCUT2D eigenvalue weighted by Gasteiger charge is -2.34. The van der Waals surface area contributed by atoms with Crippen molar-refractivity contribution >= 4 is 0 Å². The minimum atomic E-state index is -4.04. The largest absolute Gasteiger partial charge is 0.393 e. The Morgan fingerprint density at radius 2 is 1.88 bits per heavy atom. The molecule has 0 amide bonds. The zero-order valence-electron chi connectivity index (χ0n) is 10.8. The topological polar surface area (TPSA) is 12.0 Å². The predicted octanol–water partition coefficient (Wildman–Crippen LogP) is 4.13. The lowest BCUT2D eigenvalue weighted by molar-refractivity contribution is -0.189. The molecular formula is C13H24F3N. The van der Waals surface area contributed by atoms with Crippen molar-refractivity contribution in [3.63, 3.8) is 0 Å². The van der Waals surface area contributed by atoms with Gasteiger partial charge in [0.1, 0.15) is 0 Å². The van der Waals surface area contributed by atoms with Gasteiger partial charge in [0.25, 0.3) is 0 Å². The van der Waals surface area contributed by atoms with Crippen LogP contribution in [0.5, 0.6) is 0 Å². The second kappa shape index (κ2) is 6.62. The zero-order chi connectivity index (χ0) is 12.9. The van der Waals surface area contributed by atoms with Crippen molar-refractivity contribution in [1.29, 1.82) is 0 Å². The van der Waals surface area contributed by atoms with Crippen LogP contribution in [0.4, 0.5) is 13.2 Å². The van der Waals surface area contributed by atoms with Crippen molar-refractivity contribution in [2.24, 2.45) is 11.8 Å². The van der Waals surface area contributed by atoms with E-state index in [1.165, 1.54) is 0 Å². The molecule has 102 valence electrons. The third-order valence-electron chi connectivity index (χ3n) is 3.70. The molecule has 0 aromatic heterocycles. The van der Waals surface area contributed by atoms with E-state index in [2.05, 4.69) is 19.2 Å². The van der Waals surface area contributed by atoms with Crippen molar-refractivity contribution in [2.75, 3.05) is 6.54 Å². The minimum absolute atomic E-state index is 0.295. The maximum Gasteiger partial charge on any atom is 0.393 e. The fourth-order valence-electron chi connectivity index (χ4n) is 2.71. The van der Waals surface area contributed by atoms with Crippen LogP contribution in [-0.2, 0) is 0 Å². The minimum Gasteiger partial charge on any atom is -0.313 e. The maximum atomic E-state index is 12.8. The van der Waals surface area contributed by atoms with Gasteiger partial charge in [0.05, 0.1) is 5.92 Å². The summed E-state index contributed by atoms with van der Waals surface area (Å²) in [6.07, 6.45) is 0.740. The predicted molar refractivity (Wildman–Crippen MR) is 63.9 cm³/mol. The Kier molecular flexibility index (Phi) is 5.77. The van der Waals surface area contributed by atoms with Crippen molar-refractivity contribution < 1.29 is 13.2 Å². The van der Waals surface area contributed by atoms with Gasteiger partial charge in [-0.15, -0.1) is 0 Å². The molecule has 3 atom stereocenters. The van der Waals surface area contributed by atoms with Gasteiger partial charge in [0.2, 0.25) is 0 Å². The summed E-state index contributed by atoms with van der Waals surface area (Å²) in [4.78, 5) is 0. The molecule has 1 aliphatic carbocycles. The van der Waals surface area contributed by atoms with Crippen molar-refractivity contribution in [3.8, 4) is 0 Å². The van der Waals surface area contributed by atoms with E-state index in [-0.39, 0.29) is 6.04 Å². The summed E-state index contributed by atoms with van der Waals surface area (Å²) in [5.74, 6) is -0.666. The first kappa shape index (κ1) is 14.8. The summed E-state index contributed by atoms with van der Waals surface area (Å²) < 4.78 is 38.5. The summed E-state index contributed by atoms with van der Waals surface area (Å²) in [7, 11) is 0. The second-order valence-electron chi connectivity index (χ2n) is 5.34. The molecule has 3 unspecified atom stereocenters. The standard InChI is InChI=1S/C13H24F3N/c1-3-6-10(2)9-17-12-8-5-4-7-11(12)13(14,15)16/h10-12,17H,3-9H2,1-2H3. The van der Waals surface area contributed by atoms with Crippen LogP contribution in [0.3, 0.4) is 0 Å². The molecule has 1 nitrogen and oxygen atoms in total. The molecular weight excluding hydrogens is 227 g/mol. The Bertz CT molecular complexity index is 215. The third-order valence-corrected chi connectivity index (χ3v) is 3.70. The highest BCUT2D eigenvalue weighted by Gasteiger charge is 2.45. The van der Waals surface area contributed by atoms with Crippen molar-refractivity contribution in [3.05, 3.63) is 0 Å². The molecule has 1 aliphatic rings. The SMILES string of the molecule is CCCC(C)CNC1CCCCC1C(F)(F)F. The lowest BCUT2D eigenvalue weighted by atomic mass is 9.83. The van der Waals surface area contributed by atoms with Crippen LogP contribution in [0, 0.1) is 11.8 Å². The highest BCUT2D eigenvalue weighted by Crippen LogP contribution is 2.37. The average molecular weight is 251 g/mol. The molecule has 1 N–H and O–H groups in total. The smallest absolute Gasteiger partial charge is 0.313 e. The monoisotopic (exact) mass is 251 g/mol. The van der Waals surface area contributed by atoms with Gasteiger partial charge in [-0.2, -0.15) is 13.2 Å². The van der Waals surface area contributed by atoms with Crippen molar-refractivity contribution in [2.45, 2.75) is 64.6 Å². The zero-order valence-corrected chi connectivity index (χ0v) is 10.8. The van der Waals surface area contributed by atoms with Crippen LogP contribution in [0.2, 0.25) is 0 Å². The number of rotatable bonds is 5. The van der Waals surface area contributed by atoms with Crippen LogP contribution in [-0.4, -0.2) is 18.8 Å². The van der Waals surface area contributed by atoms with E-state index >= 15 is 0 Å². The third kappa shape index (κ3) is 4.86. The van der Waals surface area contributed by atoms with E-state index in [1.807, 2.05) is 0 Å². The Morgan fingerprint density at radius 3 is 2.47 bits per heavy atom. The Morgan fingerprint density at radius 1 is 1.24 bits per heavy atom. The van der Waals surface area contributed by atoms with Crippen LogP contribution in [0.25, 0.3) is 0 Å². The number of nitrogens with one attached hydrogen (secondary N) is 1. The van der Waals surface area contributed by atoms with E-state index in [1.54, 1.807) is 0 Å². The Hall–Kier alpha value is -0.250. The first-order chi connectivity index (χ1) is 7.95. The normalized spacial score (nSPS) is 28.1. The molecule has 0 radical (unpaired) electrons. The molecule has 1 saturated carbocycles. The number of hydrogen-bond acceptors (Lipinski definition) is 1. The molecule has 0 spiro atoms. The number of hydrogen-bond donors (Lipinski definition) is 1. The van der Waals surface area contributed by atoms with Gasteiger partial charge in [-0.05, 0) is 31.7 Å². The Labute approximate surface area is 102 Å². The molecule has 17 heavy (non-hydrogen) atoms. The van der Waals surface area contributed by atoms with Gasteiger partial charge in [-0.1, -0.05) is 33.1 Å². The molecule has 0 aliphatic heterocycles. The van der Waals surface area contributed by atoms with Gasteiger partial charge in [0, 0.05) is 6.04 Å². The van der Waals surface area contributed by atoms with E-state index in [9.17, 15) is 13.2 Å². The van der Waals surface area contributed by atoms with Gasteiger partial charge in [-0.25, -0.2) is 0 Å².